The number of hydrogen-bond acceptors (Lipinski definition) is 8. The minimum absolute atomic E-state index is 0.0685. The van der Waals surface area contributed by atoms with Crippen molar-refractivity contribution in [2.24, 2.45) is 0 Å². The van der Waals surface area contributed by atoms with Crippen LogP contribution in [0.25, 0.3) is 0 Å². The second kappa shape index (κ2) is 7.67. The molecule has 0 spiro atoms. The lowest BCUT2D eigenvalue weighted by molar-refractivity contribution is -0.129. The van der Waals surface area contributed by atoms with E-state index in [1.165, 1.54) is 0 Å². The van der Waals surface area contributed by atoms with E-state index >= 15 is 0 Å². The summed E-state index contributed by atoms with van der Waals surface area (Å²) < 4.78 is 5.13. The van der Waals surface area contributed by atoms with Crippen molar-refractivity contribution in [1.82, 2.24) is 25.0 Å². The van der Waals surface area contributed by atoms with Gasteiger partial charge in [-0.25, -0.2) is 4.98 Å². The fourth-order valence-corrected chi connectivity index (χ4v) is 2.86. The maximum atomic E-state index is 11.7. The van der Waals surface area contributed by atoms with Crippen LogP contribution >= 0.6 is 0 Å². The van der Waals surface area contributed by atoms with E-state index in [4.69, 9.17) is 4.52 Å². The van der Waals surface area contributed by atoms with E-state index in [-0.39, 0.29) is 5.91 Å². The van der Waals surface area contributed by atoms with Gasteiger partial charge in [-0.1, -0.05) is 12.1 Å². The second-order valence-corrected chi connectivity index (χ2v) is 6.52. The second-order valence-electron chi connectivity index (χ2n) is 6.52. The Hall–Kier alpha value is -2.71. The number of hydrogen-bond donors (Lipinski definition) is 1. The van der Waals surface area contributed by atoms with Crippen LogP contribution in [0.5, 0.6) is 0 Å². The average Bonchev–Trinajstić information content (AvgIpc) is 3.08. The monoisotopic (exact) mass is 359 g/mol. The van der Waals surface area contributed by atoms with Gasteiger partial charge in [0.25, 0.3) is 0 Å². The Morgan fingerprint density at radius 3 is 2.77 bits per heavy atom. The molecule has 0 saturated carbocycles. The smallest absolute Gasteiger partial charge is 0.227 e. The van der Waals surface area contributed by atoms with Crippen LogP contribution in [0.15, 0.2) is 4.52 Å². The predicted molar refractivity (Wildman–Crippen MR) is 97.0 cm³/mol. The molecule has 2 aromatic heterocycles. The van der Waals surface area contributed by atoms with Crippen molar-refractivity contribution in [3.63, 3.8) is 0 Å². The Balaban J connectivity index is 1.76. The van der Waals surface area contributed by atoms with Crippen LogP contribution in [0.1, 0.15) is 36.8 Å². The van der Waals surface area contributed by atoms with Gasteiger partial charge in [-0.05, 0) is 6.42 Å². The summed E-state index contributed by atoms with van der Waals surface area (Å²) in [5.41, 5.74) is 1.98. The van der Waals surface area contributed by atoms with Crippen molar-refractivity contribution in [1.29, 1.82) is 0 Å². The Bertz CT molecular complexity index is 787. The number of carbonyl (C=O) groups is 1. The summed E-state index contributed by atoms with van der Waals surface area (Å²) in [6, 6.07) is 0. The summed E-state index contributed by atoms with van der Waals surface area (Å²) in [6.45, 7) is 5.43. The minimum Gasteiger partial charge on any atom is -0.369 e. The van der Waals surface area contributed by atoms with Crippen molar-refractivity contribution < 1.29 is 9.32 Å². The number of carbonyl (C=O) groups excluding carboxylic acids is 1. The van der Waals surface area contributed by atoms with Crippen molar-refractivity contribution in [2.75, 3.05) is 37.4 Å². The van der Waals surface area contributed by atoms with Gasteiger partial charge in [0.05, 0.1) is 12.2 Å². The van der Waals surface area contributed by atoms with Crippen LogP contribution in [-0.4, -0.2) is 58.1 Å². The largest absolute Gasteiger partial charge is 0.369 e. The maximum absolute atomic E-state index is 11.7. The first kappa shape index (κ1) is 18.1. The summed E-state index contributed by atoms with van der Waals surface area (Å²) in [4.78, 5) is 29.0. The first-order valence-electron chi connectivity index (χ1n) is 8.86. The highest BCUT2D eigenvalue weighted by Gasteiger charge is 2.24. The van der Waals surface area contributed by atoms with E-state index in [0.717, 1.165) is 29.9 Å². The SMILES string of the molecule is CCc1nc(CCNc2nc(N(C)C)nc3c2CCN(C(C)=O)C3)no1. The first-order valence-corrected chi connectivity index (χ1v) is 8.86. The van der Waals surface area contributed by atoms with Gasteiger partial charge in [-0.2, -0.15) is 9.97 Å². The molecule has 26 heavy (non-hydrogen) atoms. The highest BCUT2D eigenvalue weighted by atomic mass is 16.5. The van der Waals surface area contributed by atoms with E-state index in [1.54, 1.807) is 6.92 Å². The van der Waals surface area contributed by atoms with Crippen LogP contribution in [-0.2, 0) is 30.6 Å². The number of nitrogens with zero attached hydrogens (tertiary/aromatic N) is 6. The number of rotatable bonds is 6. The Labute approximate surface area is 152 Å². The lowest BCUT2D eigenvalue weighted by atomic mass is 10.1. The molecule has 9 nitrogen and oxygen atoms in total. The summed E-state index contributed by atoms with van der Waals surface area (Å²) in [7, 11) is 3.81. The van der Waals surface area contributed by atoms with Gasteiger partial charge in [0.2, 0.25) is 17.7 Å². The van der Waals surface area contributed by atoms with Crippen molar-refractivity contribution in [3.05, 3.63) is 23.0 Å². The molecular formula is C17H25N7O2. The topological polar surface area (TPSA) is 100 Å². The average molecular weight is 359 g/mol. The summed E-state index contributed by atoms with van der Waals surface area (Å²) in [6.07, 6.45) is 2.13. The molecule has 0 unspecified atom stereocenters. The van der Waals surface area contributed by atoms with Gasteiger partial charge in [-0.3, -0.25) is 4.79 Å². The highest BCUT2D eigenvalue weighted by Crippen LogP contribution is 2.25. The molecule has 1 aliphatic heterocycles. The molecule has 3 heterocycles. The standard InChI is InChI=1S/C17H25N7O2/c1-5-15-20-14(22-26-15)6-8-18-16-12-7-9-24(11(2)25)10-13(12)19-17(21-16)23(3)4/h5-10H2,1-4H3,(H,18,19,21). The first-order chi connectivity index (χ1) is 12.5. The molecule has 0 fully saturated rings. The number of amides is 1. The predicted octanol–water partition coefficient (Wildman–Crippen LogP) is 1.05. The number of aryl methyl sites for hydroxylation is 1. The van der Waals surface area contributed by atoms with Crippen molar-refractivity contribution >= 4 is 17.7 Å². The third kappa shape index (κ3) is 3.92. The molecule has 0 aromatic carbocycles. The van der Waals surface area contributed by atoms with Gasteiger partial charge in [0, 0.05) is 52.5 Å². The molecule has 0 saturated heterocycles. The van der Waals surface area contributed by atoms with Crippen LogP contribution in [0.2, 0.25) is 0 Å². The van der Waals surface area contributed by atoms with E-state index in [2.05, 4.69) is 25.4 Å². The van der Waals surface area contributed by atoms with Gasteiger partial charge in [0.1, 0.15) is 5.82 Å². The summed E-state index contributed by atoms with van der Waals surface area (Å²) in [5.74, 6) is 2.86. The minimum atomic E-state index is 0.0685. The number of nitrogens with one attached hydrogen (secondary N) is 1. The zero-order valence-electron chi connectivity index (χ0n) is 15.7. The summed E-state index contributed by atoms with van der Waals surface area (Å²) >= 11 is 0. The Kier molecular flexibility index (Phi) is 5.34. The molecule has 1 amide bonds. The molecule has 0 bridgehead atoms. The molecule has 1 aliphatic rings. The Morgan fingerprint density at radius 2 is 2.12 bits per heavy atom. The van der Waals surface area contributed by atoms with Crippen molar-refractivity contribution in [3.8, 4) is 0 Å². The molecule has 1 N–H and O–H groups in total. The number of aromatic nitrogens is 4. The molecule has 3 rings (SSSR count). The van der Waals surface area contributed by atoms with E-state index < -0.39 is 0 Å². The van der Waals surface area contributed by atoms with Gasteiger partial charge in [-0.15, -0.1) is 0 Å². The maximum Gasteiger partial charge on any atom is 0.227 e. The zero-order chi connectivity index (χ0) is 18.7. The van der Waals surface area contributed by atoms with Crippen LogP contribution in [0.4, 0.5) is 11.8 Å². The van der Waals surface area contributed by atoms with Crippen LogP contribution in [0.3, 0.4) is 0 Å². The summed E-state index contributed by atoms with van der Waals surface area (Å²) in [5, 5.41) is 7.35. The van der Waals surface area contributed by atoms with E-state index in [1.807, 2.05) is 30.8 Å². The van der Waals surface area contributed by atoms with E-state index in [9.17, 15) is 4.79 Å². The molecule has 0 radical (unpaired) electrons. The molecule has 9 heteroatoms. The van der Waals surface area contributed by atoms with Gasteiger partial charge >= 0.3 is 0 Å². The van der Waals surface area contributed by atoms with Gasteiger partial charge < -0.3 is 19.6 Å². The lowest BCUT2D eigenvalue weighted by Gasteiger charge is -2.29. The molecule has 140 valence electrons. The zero-order valence-corrected chi connectivity index (χ0v) is 15.7. The normalized spacial score (nSPS) is 13.5. The molecular weight excluding hydrogens is 334 g/mol. The highest BCUT2D eigenvalue weighted by molar-refractivity contribution is 5.73. The molecule has 2 aromatic rings. The lowest BCUT2D eigenvalue weighted by Crippen LogP contribution is -2.36. The Morgan fingerprint density at radius 1 is 1.31 bits per heavy atom. The van der Waals surface area contributed by atoms with Gasteiger partial charge in [0.15, 0.2) is 5.82 Å². The fourth-order valence-electron chi connectivity index (χ4n) is 2.86. The third-order valence-electron chi connectivity index (χ3n) is 4.35. The molecule has 0 atom stereocenters. The van der Waals surface area contributed by atoms with Crippen molar-refractivity contribution in [2.45, 2.75) is 39.7 Å². The number of fused-ring (bicyclic) bond motifs is 1. The quantitative estimate of drug-likeness (QED) is 0.817. The van der Waals surface area contributed by atoms with Crippen LogP contribution < -0.4 is 10.2 Å². The third-order valence-corrected chi connectivity index (χ3v) is 4.35. The van der Waals surface area contributed by atoms with Crippen LogP contribution in [0, 0.1) is 0 Å². The number of anilines is 2. The van der Waals surface area contributed by atoms with E-state index in [0.29, 0.717) is 43.7 Å². The fraction of sp³-hybridized carbons (Fsp3) is 0.588. The molecule has 0 aliphatic carbocycles.